The molecule has 0 fully saturated rings. The van der Waals surface area contributed by atoms with Gasteiger partial charge in [0.1, 0.15) is 22.7 Å². The minimum atomic E-state index is 0.209. The molecular weight excluding hydrogens is 681 g/mol. The van der Waals surface area contributed by atoms with Gasteiger partial charge in [0, 0.05) is 27.8 Å². The van der Waals surface area contributed by atoms with Crippen molar-refractivity contribution in [2.45, 2.75) is 12.8 Å². The van der Waals surface area contributed by atoms with Crippen LogP contribution < -0.4 is 4.74 Å². The van der Waals surface area contributed by atoms with Crippen LogP contribution in [0.2, 0.25) is 0 Å². The molecule has 0 saturated carbocycles. The average Bonchev–Trinajstić information content (AvgIpc) is 3.80. The lowest BCUT2D eigenvalue weighted by Gasteiger charge is -2.17. The van der Waals surface area contributed by atoms with Gasteiger partial charge in [-0.3, -0.25) is 0 Å². The van der Waals surface area contributed by atoms with Crippen molar-refractivity contribution in [3.8, 4) is 56.0 Å². The first kappa shape index (κ1) is 32.3. The van der Waals surface area contributed by atoms with E-state index in [9.17, 15) is 0 Å². The summed E-state index contributed by atoms with van der Waals surface area (Å²) in [5, 5.41) is 4.54. The molecule has 1 aliphatic carbocycles. The maximum absolute atomic E-state index is 6.72. The Bertz CT molecular complexity index is 3130. The standard InChI is InChI=1S/C54H36O2/c1-34-22-23-38(39-27-29-44-43-14-5-6-17-47(43)53(50(44)33-39)35-12-3-2-4-13-35)32-49(34)46-16-8-9-20-51(46)55-41-28-26-36-30-40(25-24-37(36)31-41)42-18-11-19-48-45-15-7-10-21-52(45)56-54(42)48/h2-33,53H,1H3. The number of benzene rings is 9. The van der Waals surface area contributed by atoms with Crippen LogP contribution in [0.25, 0.3) is 77.2 Å². The van der Waals surface area contributed by atoms with Crippen molar-refractivity contribution in [2.75, 3.05) is 0 Å². The van der Waals surface area contributed by atoms with Crippen molar-refractivity contribution >= 4 is 32.7 Å². The third kappa shape index (κ3) is 5.33. The Morgan fingerprint density at radius 3 is 2.04 bits per heavy atom. The molecule has 0 saturated heterocycles. The molecule has 0 bridgehead atoms. The van der Waals surface area contributed by atoms with E-state index in [-0.39, 0.29) is 5.92 Å². The molecule has 1 atom stereocenters. The van der Waals surface area contributed by atoms with E-state index < -0.39 is 0 Å². The van der Waals surface area contributed by atoms with Crippen molar-refractivity contribution in [2.24, 2.45) is 0 Å². The van der Waals surface area contributed by atoms with Gasteiger partial charge in [-0.1, -0.05) is 152 Å². The molecular formula is C54H36O2. The van der Waals surface area contributed by atoms with E-state index in [1.54, 1.807) is 0 Å². The molecule has 0 N–H and O–H groups in total. The summed E-state index contributed by atoms with van der Waals surface area (Å²) in [6.07, 6.45) is 0. The molecule has 10 aromatic rings. The Hall–Kier alpha value is -7.16. The topological polar surface area (TPSA) is 22.4 Å². The van der Waals surface area contributed by atoms with Gasteiger partial charge in [-0.2, -0.15) is 0 Å². The Balaban J connectivity index is 0.921. The number of aryl methyl sites for hydroxylation is 1. The van der Waals surface area contributed by atoms with Crippen LogP contribution in [0.15, 0.2) is 199 Å². The van der Waals surface area contributed by atoms with E-state index in [0.717, 1.165) is 66.5 Å². The highest BCUT2D eigenvalue weighted by atomic mass is 16.5. The summed E-state index contributed by atoms with van der Waals surface area (Å²) in [4.78, 5) is 0. The SMILES string of the molecule is Cc1ccc(-c2ccc3c(c2)C(c2ccccc2)c2ccccc2-3)cc1-c1ccccc1Oc1ccc2cc(-c3cccc4c3oc3ccccc34)ccc2c1. The zero-order chi connectivity index (χ0) is 37.2. The molecule has 0 aliphatic heterocycles. The lowest BCUT2D eigenvalue weighted by atomic mass is 9.87. The first-order chi connectivity index (χ1) is 27.7. The molecule has 0 amide bonds. The highest BCUT2D eigenvalue weighted by molar-refractivity contribution is 6.10. The predicted octanol–water partition coefficient (Wildman–Crippen LogP) is 15.0. The van der Waals surface area contributed by atoms with Crippen molar-refractivity contribution < 1.29 is 9.15 Å². The lowest BCUT2D eigenvalue weighted by molar-refractivity contribution is 0.485. The largest absolute Gasteiger partial charge is 0.457 e. The zero-order valence-electron chi connectivity index (χ0n) is 30.9. The number of hydrogen-bond acceptors (Lipinski definition) is 2. The van der Waals surface area contributed by atoms with E-state index in [2.05, 4.69) is 183 Å². The molecule has 1 unspecified atom stereocenters. The first-order valence-electron chi connectivity index (χ1n) is 19.3. The summed E-state index contributed by atoms with van der Waals surface area (Å²) < 4.78 is 13.1. The lowest BCUT2D eigenvalue weighted by Crippen LogP contribution is -1.99. The van der Waals surface area contributed by atoms with Crippen molar-refractivity contribution in [3.05, 3.63) is 216 Å². The fourth-order valence-electron chi connectivity index (χ4n) is 8.82. The van der Waals surface area contributed by atoms with Crippen LogP contribution in [-0.2, 0) is 0 Å². The molecule has 1 aliphatic rings. The monoisotopic (exact) mass is 716 g/mol. The predicted molar refractivity (Wildman–Crippen MR) is 232 cm³/mol. The van der Waals surface area contributed by atoms with Gasteiger partial charge >= 0.3 is 0 Å². The van der Waals surface area contributed by atoms with E-state index in [1.165, 1.54) is 44.5 Å². The van der Waals surface area contributed by atoms with Gasteiger partial charge in [0.05, 0.1) is 0 Å². The molecule has 2 heteroatoms. The smallest absolute Gasteiger partial charge is 0.143 e. The van der Waals surface area contributed by atoms with Crippen LogP contribution in [0.5, 0.6) is 11.5 Å². The van der Waals surface area contributed by atoms with Crippen LogP contribution in [0, 0.1) is 6.92 Å². The van der Waals surface area contributed by atoms with Gasteiger partial charge in [-0.05, 0) is 116 Å². The van der Waals surface area contributed by atoms with Gasteiger partial charge in [0.2, 0.25) is 0 Å². The van der Waals surface area contributed by atoms with E-state index in [4.69, 9.17) is 9.15 Å². The average molecular weight is 717 g/mol. The number of hydrogen-bond donors (Lipinski definition) is 0. The quantitative estimate of drug-likeness (QED) is 0.171. The van der Waals surface area contributed by atoms with Crippen LogP contribution >= 0.6 is 0 Å². The van der Waals surface area contributed by atoms with E-state index >= 15 is 0 Å². The van der Waals surface area contributed by atoms with Gasteiger partial charge < -0.3 is 9.15 Å². The van der Waals surface area contributed by atoms with Crippen LogP contribution in [0.1, 0.15) is 28.2 Å². The minimum Gasteiger partial charge on any atom is -0.457 e. The van der Waals surface area contributed by atoms with Gasteiger partial charge in [-0.25, -0.2) is 0 Å². The normalized spacial score (nSPS) is 13.3. The third-order valence-corrected chi connectivity index (χ3v) is 11.6. The molecule has 56 heavy (non-hydrogen) atoms. The third-order valence-electron chi connectivity index (χ3n) is 11.6. The maximum Gasteiger partial charge on any atom is 0.143 e. The molecule has 11 rings (SSSR count). The van der Waals surface area contributed by atoms with E-state index in [1.807, 2.05) is 18.2 Å². The molecule has 1 aromatic heterocycles. The minimum absolute atomic E-state index is 0.209. The maximum atomic E-state index is 6.72. The van der Waals surface area contributed by atoms with Crippen molar-refractivity contribution in [1.82, 2.24) is 0 Å². The highest BCUT2D eigenvalue weighted by Gasteiger charge is 2.30. The Morgan fingerprint density at radius 2 is 1.11 bits per heavy atom. The van der Waals surface area contributed by atoms with Crippen LogP contribution in [-0.4, -0.2) is 0 Å². The van der Waals surface area contributed by atoms with E-state index in [0.29, 0.717) is 0 Å². The van der Waals surface area contributed by atoms with Crippen LogP contribution in [0.4, 0.5) is 0 Å². The molecule has 0 spiro atoms. The second-order valence-electron chi connectivity index (χ2n) is 14.9. The molecule has 0 radical (unpaired) electrons. The molecule has 264 valence electrons. The van der Waals surface area contributed by atoms with Crippen molar-refractivity contribution in [1.29, 1.82) is 0 Å². The van der Waals surface area contributed by atoms with Crippen molar-refractivity contribution in [3.63, 3.8) is 0 Å². The summed E-state index contributed by atoms with van der Waals surface area (Å²) in [5.74, 6) is 1.84. The summed E-state index contributed by atoms with van der Waals surface area (Å²) in [6.45, 7) is 2.18. The summed E-state index contributed by atoms with van der Waals surface area (Å²) in [7, 11) is 0. The fraction of sp³-hybridized carbons (Fsp3) is 0.0370. The number of para-hydroxylation sites is 3. The first-order valence-corrected chi connectivity index (χ1v) is 19.3. The fourth-order valence-corrected chi connectivity index (χ4v) is 8.82. The van der Waals surface area contributed by atoms with Gasteiger partial charge in [0.25, 0.3) is 0 Å². The second kappa shape index (κ2) is 13.0. The Kier molecular flexibility index (Phi) is 7.50. The zero-order valence-corrected chi connectivity index (χ0v) is 30.9. The van der Waals surface area contributed by atoms with Gasteiger partial charge in [0.15, 0.2) is 0 Å². The summed E-state index contributed by atoms with van der Waals surface area (Å²) in [6, 6.07) is 69.5. The molecule has 1 heterocycles. The highest BCUT2D eigenvalue weighted by Crippen LogP contribution is 2.49. The molecule has 9 aromatic carbocycles. The summed E-state index contributed by atoms with van der Waals surface area (Å²) in [5.41, 5.74) is 16.6. The number of rotatable bonds is 6. The number of ether oxygens (including phenoxy) is 1. The second-order valence-corrected chi connectivity index (χ2v) is 14.9. The number of fused-ring (bicyclic) bond motifs is 7. The van der Waals surface area contributed by atoms with Gasteiger partial charge in [-0.15, -0.1) is 0 Å². The summed E-state index contributed by atoms with van der Waals surface area (Å²) >= 11 is 0. The number of furan rings is 1. The van der Waals surface area contributed by atoms with Crippen LogP contribution in [0.3, 0.4) is 0 Å². The Labute approximate surface area is 325 Å². The molecule has 2 nitrogen and oxygen atoms in total. The Morgan fingerprint density at radius 1 is 0.429 bits per heavy atom.